The van der Waals surface area contributed by atoms with E-state index in [4.69, 9.17) is 9.72 Å². The molecule has 2 saturated carbocycles. The van der Waals surface area contributed by atoms with Crippen molar-refractivity contribution in [3.8, 4) is 0 Å². The number of hydrogen-bond acceptors (Lipinski definition) is 5. The number of carbonyl (C=O) groups excluding carboxylic acids is 1. The maximum absolute atomic E-state index is 12.8. The number of rotatable bonds is 3. The normalized spacial score (nSPS) is 27.5. The molecule has 0 unspecified atom stereocenters. The average molecular weight is 370 g/mol. The molecule has 3 heterocycles. The smallest absolute Gasteiger partial charge is 0.226 e. The molecular weight excluding hydrogens is 340 g/mol. The summed E-state index contributed by atoms with van der Waals surface area (Å²) in [7, 11) is 0. The molecule has 5 rings (SSSR count). The Morgan fingerprint density at radius 3 is 2.52 bits per heavy atom. The highest BCUT2D eigenvalue weighted by Gasteiger charge is 2.61. The maximum Gasteiger partial charge on any atom is 0.226 e. The number of aromatic nitrogens is 2. The molecule has 2 aliphatic carbocycles. The first-order valence-corrected chi connectivity index (χ1v) is 10.6. The van der Waals surface area contributed by atoms with Gasteiger partial charge in [0.1, 0.15) is 11.6 Å². The molecule has 1 amide bonds. The lowest BCUT2D eigenvalue weighted by atomic mass is 9.79. The van der Waals surface area contributed by atoms with Gasteiger partial charge >= 0.3 is 0 Å². The highest BCUT2D eigenvalue weighted by molar-refractivity contribution is 5.83. The van der Waals surface area contributed by atoms with Crippen LogP contribution in [0, 0.1) is 18.3 Å². The Labute approximate surface area is 161 Å². The Morgan fingerprint density at radius 1 is 1.15 bits per heavy atom. The minimum atomic E-state index is 0.344. The SMILES string of the molecule is Cc1nc(C2CCN(C(=O)[C@H]3CC34CCC4)CC2)cc(N2CCOCC2)n1. The summed E-state index contributed by atoms with van der Waals surface area (Å²) in [5.74, 6) is 3.09. The number of morpholine rings is 1. The highest BCUT2D eigenvalue weighted by atomic mass is 16.5. The molecule has 6 heteroatoms. The molecule has 1 spiro atoms. The minimum absolute atomic E-state index is 0.344. The summed E-state index contributed by atoms with van der Waals surface area (Å²) in [5.41, 5.74) is 1.59. The quantitative estimate of drug-likeness (QED) is 0.818. The van der Waals surface area contributed by atoms with E-state index in [0.717, 1.165) is 76.0 Å². The van der Waals surface area contributed by atoms with Crippen molar-refractivity contribution in [2.75, 3.05) is 44.3 Å². The molecule has 0 aromatic carbocycles. The van der Waals surface area contributed by atoms with Crippen LogP contribution >= 0.6 is 0 Å². The Balaban J connectivity index is 1.23. The number of nitrogens with zero attached hydrogens (tertiary/aromatic N) is 4. The summed E-state index contributed by atoms with van der Waals surface area (Å²) in [6.07, 6.45) is 7.08. The molecular formula is C21H30N4O2. The molecule has 4 fully saturated rings. The third-order valence-electron chi connectivity index (χ3n) is 7.24. The van der Waals surface area contributed by atoms with Gasteiger partial charge in [-0.3, -0.25) is 4.79 Å². The van der Waals surface area contributed by atoms with Gasteiger partial charge in [-0.2, -0.15) is 0 Å². The Hall–Kier alpha value is -1.69. The van der Waals surface area contributed by atoms with Crippen LogP contribution in [-0.2, 0) is 9.53 Å². The van der Waals surface area contributed by atoms with Crippen LogP contribution in [0.5, 0.6) is 0 Å². The summed E-state index contributed by atoms with van der Waals surface area (Å²) in [6, 6.07) is 2.17. The van der Waals surface area contributed by atoms with Gasteiger partial charge < -0.3 is 14.5 Å². The van der Waals surface area contributed by atoms with Crippen LogP contribution in [0.2, 0.25) is 0 Å². The molecule has 1 atom stereocenters. The number of hydrogen-bond donors (Lipinski definition) is 0. The molecule has 6 nitrogen and oxygen atoms in total. The zero-order valence-corrected chi connectivity index (χ0v) is 16.3. The van der Waals surface area contributed by atoms with Crippen molar-refractivity contribution < 1.29 is 9.53 Å². The molecule has 4 aliphatic rings. The van der Waals surface area contributed by atoms with Crippen LogP contribution in [0.15, 0.2) is 6.07 Å². The first kappa shape index (κ1) is 17.4. The van der Waals surface area contributed by atoms with E-state index in [1.807, 2.05) is 6.92 Å². The van der Waals surface area contributed by atoms with Gasteiger partial charge in [-0.15, -0.1) is 0 Å². The highest BCUT2D eigenvalue weighted by Crippen LogP contribution is 2.66. The van der Waals surface area contributed by atoms with Gasteiger partial charge in [0.2, 0.25) is 5.91 Å². The first-order chi connectivity index (χ1) is 13.1. The van der Waals surface area contributed by atoms with E-state index in [9.17, 15) is 4.79 Å². The van der Waals surface area contributed by atoms with Gasteiger partial charge in [-0.1, -0.05) is 6.42 Å². The lowest BCUT2D eigenvalue weighted by Gasteiger charge is -2.34. The van der Waals surface area contributed by atoms with Gasteiger partial charge in [0.05, 0.1) is 13.2 Å². The van der Waals surface area contributed by atoms with Crippen molar-refractivity contribution in [2.45, 2.75) is 51.4 Å². The second kappa shape index (κ2) is 6.73. The molecule has 27 heavy (non-hydrogen) atoms. The van der Waals surface area contributed by atoms with Crippen LogP contribution < -0.4 is 4.90 Å². The molecule has 1 aromatic rings. The third kappa shape index (κ3) is 3.22. The van der Waals surface area contributed by atoms with Crippen LogP contribution in [0.1, 0.15) is 56.0 Å². The number of carbonyl (C=O) groups is 1. The molecule has 0 N–H and O–H groups in total. The van der Waals surface area contributed by atoms with Crippen molar-refractivity contribution in [1.82, 2.24) is 14.9 Å². The number of ether oxygens (including phenoxy) is 1. The zero-order chi connectivity index (χ0) is 18.4. The maximum atomic E-state index is 12.8. The van der Waals surface area contributed by atoms with Crippen molar-refractivity contribution in [1.29, 1.82) is 0 Å². The lowest BCUT2D eigenvalue weighted by molar-refractivity contribution is -0.135. The number of aryl methyl sites for hydroxylation is 1. The van der Waals surface area contributed by atoms with Gasteiger partial charge in [0, 0.05) is 49.8 Å². The van der Waals surface area contributed by atoms with Crippen LogP contribution in [0.3, 0.4) is 0 Å². The van der Waals surface area contributed by atoms with Crippen molar-refractivity contribution in [2.24, 2.45) is 11.3 Å². The third-order valence-corrected chi connectivity index (χ3v) is 7.24. The first-order valence-electron chi connectivity index (χ1n) is 10.6. The van der Waals surface area contributed by atoms with E-state index in [0.29, 0.717) is 23.2 Å². The summed E-state index contributed by atoms with van der Waals surface area (Å²) in [6.45, 7) is 7.07. The second-order valence-electron chi connectivity index (χ2n) is 8.87. The number of anilines is 1. The minimum Gasteiger partial charge on any atom is -0.378 e. The standard InChI is InChI=1S/C21H30N4O2/c1-15-22-18(13-19(23-15)24-9-11-27-12-10-24)16-3-7-25(8-4-16)20(26)17-14-21(17)5-2-6-21/h13,16-17H,2-12,14H2,1H3/t17-/m1/s1. The summed E-state index contributed by atoms with van der Waals surface area (Å²) < 4.78 is 5.46. The largest absolute Gasteiger partial charge is 0.378 e. The van der Waals surface area contributed by atoms with Crippen LogP contribution in [0.25, 0.3) is 0 Å². The van der Waals surface area contributed by atoms with E-state index in [2.05, 4.69) is 20.9 Å². The van der Waals surface area contributed by atoms with E-state index >= 15 is 0 Å². The number of piperidine rings is 1. The average Bonchev–Trinajstić information content (AvgIpc) is 3.45. The predicted molar refractivity (Wildman–Crippen MR) is 103 cm³/mol. The Kier molecular flexibility index (Phi) is 4.34. The van der Waals surface area contributed by atoms with Gasteiger partial charge in [-0.25, -0.2) is 9.97 Å². The fraction of sp³-hybridized carbons (Fsp3) is 0.762. The summed E-state index contributed by atoms with van der Waals surface area (Å²) in [4.78, 5) is 26.6. The second-order valence-corrected chi connectivity index (χ2v) is 8.87. The number of amides is 1. The van der Waals surface area contributed by atoms with Crippen molar-refractivity contribution in [3.63, 3.8) is 0 Å². The Bertz CT molecular complexity index is 719. The van der Waals surface area contributed by atoms with Gasteiger partial charge in [-0.05, 0) is 44.4 Å². The van der Waals surface area contributed by atoms with Crippen LogP contribution in [-0.4, -0.2) is 60.2 Å². The van der Waals surface area contributed by atoms with E-state index in [1.54, 1.807) is 0 Å². The van der Waals surface area contributed by atoms with E-state index < -0.39 is 0 Å². The van der Waals surface area contributed by atoms with Gasteiger partial charge in [0.25, 0.3) is 0 Å². The van der Waals surface area contributed by atoms with Crippen molar-refractivity contribution in [3.05, 3.63) is 17.6 Å². The van der Waals surface area contributed by atoms with Gasteiger partial charge in [0.15, 0.2) is 0 Å². The summed E-state index contributed by atoms with van der Waals surface area (Å²) in [5, 5.41) is 0. The molecule has 0 radical (unpaired) electrons. The van der Waals surface area contributed by atoms with E-state index in [1.165, 1.54) is 19.3 Å². The fourth-order valence-corrected chi connectivity index (χ4v) is 5.23. The van der Waals surface area contributed by atoms with Crippen LogP contribution in [0.4, 0.5) is 5.82 Å². The predicted octanol–water partition coefficient (Wildman–Crippen LogP) is 2.52. The molecule has 146 valence electrons. The number of likely N-dealkylation sites (tertiary alicyclic amines) is 1. The molecule has 0 bridgehead atoms. The fourth-order valence-electron chi connectivity index (χ4n) is 5.23. The molecule has 2 saturated heterocycles. The lowest BCUT2D eigenvalue weighted by Crippen LogP contribution is -2.40. The summed E-state index contributed by atoms with van der Waals surface area (Å²) >= 11 is 0. The molecule has 1 aromatic heterocycles. The van der Waals surface area contributed by atoms with Crippen molar-refractivity contribution >= 4 is 11.7 Å². The van der Waals surface area contributed by atoms with E-state index in [-0.39, 0.29) is 0 Å². The Morgan fingerprint density at radius 2 is 1.89 bits per heavy atom. The molecule has 2 aliphatic heterocycles. The zero-order valence-electron chi connectivity index (χ0n) is 16.3. The topological polar surface area (TPSA) is 58.6 Å². The monoisotopic (exact) mass is 370 g/mol.